The van der Waals surface area contributed by atoms with Crippen LogP contribution in [0.1, 0.15) is 43.0 Å². The number of ether oxygens (including phenoxy) is 5. The van der Waals surface area contributed by atoms with Crippen LogP contribution in [0.25, 0.3) is 21.7 Å². The standard InChI is InChI=1S/C41H38N2O11/c1-22-13-24-14-26(50-2)15-32-35(24)37(47)34(22)31(45)18-43-17-29-23(7-5-10-28(29)39(43)48)8-6-12-52-38-36(46)33(54-40(53-32)41(38,49)21-44)20-51-19-25-16-42-30-11-4-3-9-27(25)30/h3-5,7,9-11,13-16,33,36,38,40,42,44,46-47,49H,8,17-21H2,1-2H3. The van der Waals surface area contributed by atoms with E-state index in [1.54, 1.807) is 31.2 Å². The summed E-state index contributed by atoms with van der Waals surface area (Å²) in [5.74, 6) is 1.91. The van der Waals surface area contributed by atoms with Crippen LogP contribution >= 0.6 is 0 Å². The number of aliphatic hydroxyl groups excluding tert-OH is 2. The van der Waals surface area contributed by atoms with E-state index < -0.39 is 48.3 Å². The maximum atomic E-state index is 14.0. The number of nitrogens with zero attached hydrogens (tertiary/aromatic N) is 1. The van der Waals surface area contributed by atoms with Crippen LogP contribution in [-0.4, -0.2) is 99.1 Å². The largest absolute Gasteiger partial charge is 0.506 e. The first-order valence-corrected chi connectivity index (χ1v) is 17.5. The highest BCUT2D eigenvalue weighted by Crippen LogP contribution is 2.43. The molecule has 1 fully saturated rings. The van der Waals surface area contributed by atoms with Gasteiger partial charge in [-0.05, 0) is 47.2 Å². The fraction of sp³-hybridized carbons (Fsp3) is 0.317. The number of ketones is 1. The number of hydrogen-bond acceptors (Lipinski definition) is 11. The molecular weight excluding hydrogens is 696 g/mol. The number of methoxy groups -OCH3 is 1. The Morgan fingerprint density at radius 1 is 1.09 bits per heavy atom. The molecule has 5 atom stereocenters. The number of aromatic hydroxyl groups is 1. The molecule has 1 aromatic heterocycles. The van der Waals surface area contributed by atoms with Crippen molar-refractivity contribution in [3.05, 3.63) is 100 Å². The minimum absolute atomic E-state index is 0.0179. The van der Waals surface area contributed by atoms with Crippen molar-refractivity contribution in [2.24, 2.45) is 0 Å². The monoisotopic (exact) mass is 734 g/mol. The Morgan fingerprint density at radius 2 is 1.93 bits per heavy atom. The van der Waals surface area contributed by atoms with Gasteiger partial charge in [-0.3, -0.25) is 9.59 Å². The van der Waals surface area contributed by atoms with Crippen molar-refractivity contribution in [2.75, 3.05) is 26.9 Å². The fourth-order valence-electron chi connectivity index (χ4n) is 7.63. The molecule has 4 heterocycles. The molecule has 4 aromatic carbocycles. The number of para-hydroxylation sites is 1. The smallest absolute Gasteiger partial charge is 0.254 e. The predicted octanol–water partition coefficient (Wildman–Crippen LogP) is 3.49. The molecule has 5 unspecified atom stereocenters. The van der Waals surface area contributed by atoms with E-state index in [0.29, 0.717) is 27.8 Å². The van der Waals surface area contributed by atoms with Gasteiger partial charge < -0.3 is 54.0 Å². The van der Waals surface area contributed by atoms with Crippen LogP contribution in [0.15, 0.2) is 66.9 Å². The summed E-state index contributed by atoms with van der Waals surface area (Å²) < 4.78 is 30.0. The van der Waals surface area contributed by atoms with Crippen molar-refractivity contribution in [2.45, 2.75) is 56.7 Å². The van der Waals surface area contributed by atoms with E-state index in [0.717, 1.165) is 22.0 Å². The van der Waals surface area contributed by atoms with Crippen molar-refractivity contribution in [1.82, 2.24) is 9.88 Å². The van der Waals surface area contributed by atoms with Crippen molar-refractivity contribution in [3.8, 4) is 29.3 Å². The maximum Gasteiger partial charge on any atom is 0.254 e. The zero-order valence-electron chi connectivity index (χ0n) is 29.5. The number of rotatable bonds is 6. The number of Topliss-reactive ketones (excluding diaryl/α,β-unsaturated/α-hetero) is 1. The molecule has 5 aromatic rings. The Kier molecular flexibility index (Phi) is 9.17. The Hall–Kier alpha value is -5.62. The Labute approximate surface area is 309 Å². The highest BCUT2D eigenvalue weighted by molar-refractivity contribution is 6.10. The average molecular weight is 735 g/mol. The molecule has 0 aliphatic carbocycles. The SMILES string of the molecule is COc1cc2c3c(O)c(c(C)cc3c1)C(=O)CN1Cc3c(cccc3C1=O)CC#COC1C(O)C(COCc3c[nH]c4ccccc34)OC(O2)C1(O)CO. The summed E-state index contributed by atoms with van der Waals surface area (Å²) in [5.41, 5.74) is 1.70. The van der Waals surface area contributed by atoms with Gasteiger partial charge in [0.1, 0.15) is 35.6 Å². The molecule has 1 saturated heterocycles. The predicted molar refractivity (Wildman–Crippen MR) is 194 cm³/mol. The normalized spacial score (nSPS) is 23.8. The number of amides is 1. The molecule has 13 nitrogen and oxygen atoms in total. The number of phenols is 1. The second kappa shape index (κ2) is 14.0. The number of carbonyl (C=O) groups excluding carboxylic acids is 2. The first-order chi connectivity index (χ1) is 26.1. The number of phenolic OH excluding ortho intramolecular Hbond substituents is 1. The second-order valence-corrected chi connectivity index (χ2v) is 13.8. The summed E-state index contributed by atoms with van der Waals surface area (Å²) in [5, 5.41) is 47.8. The first kappa shape index (κ1) is 35.4. The lowest BCUT2D eigenvalue weighted by molar-refractivity contribution is -0.327. The molecule has 13 heteroatoms. The van der Waals surface area contributed by atoms with E-state index in [1.165, 1.54) is 18.1 Å². The molecule has 6 bridgehead atoms. The lowest BCUT2D eigenvalue weighted by Gasteiger charge is -2.47. The number of benzene rings is 4. The van der Waals surface area contributed by atoms with Crippen molar-refractivity contribution >= 4 is 33.4 Å². The summed E-state index contributed by atoms with van der Waals surface area (Å²) in [4.78, 5) is 32.0. The number of aryl methyl sites for hydroxylation is 1. The van der Waals surface area contributed by atoms with Gasteiger partial charge in [0.2, 0.25) is 6.29 Å². The van der Waals surface area contributed by atoms with E-state index in [1.807, 2.05) is 36.5 Å². The second-order valence-electron chi connectivity index (χ2n) is 13.8. The summed E-state index contributed by atoms with van der Waals surface area (Å²) in [6.07, 6.45) is -1.50. The molecule has 0 radical (unpaired) electrons. The lowest BCUT2D eigenvalue weighted by atomic mass is 9.86. The highest BCUT2D eigenvalue weighted by Gasteiger charge is 2.58. The maximum absolute atomic E-state index is 14.0. The molecule has 54 heavy (non-hydrogen) atoms. The lowest BCUT2D eigenvalue weighted by Crippen LogP contribution is -2.70. The summed E-state index contributed by atoms with van der Waals surface area (Å²) in [6, 6.07) is 17.7. The summed E-state index contributed by atoms with van der Waals surface area (Å²) in [7, 11) is 1.44. The fourth-order valence-corrected chi connectivity index (χ4v) is 7.63. The number of carbonyl (C=O) groups is 2. The molecule has 5 N–H and O–H groups in total. The van der Waals surface area contributed by atoms with E-state index in [4.69, 9.17) is 23.7 Å². The number of nitrogens with one attached hydrogen (secondary N) is 1. The van der Waals surface area contributed by atoms with Crippen molar-refractivity contribution < 1.29 is 53.7 Å². The third-order valence-electron chi connectivity index (χ3n) is 10.5. The van der Waals surface area contributed by atoms with Crippen LogP contribution in [0.3, 0.4) is 0 Å². The molecule has 3 aliphatic rings. The van der Waals surface area contributed by atoms with Gasteiger partial charge in [-0.15, -0.1) is 0 Å². The Bertz CT molecular complexity index is 2360. The molecule has 0 saturated carbocycles. The van der Waals surface area contributed by atoms with Crippen molar-refractivity contribution in [1.29, 1.82) is 0 Å². The number of H-pyrrole nitrogens is 1. The van der Waals surface area contributed by atoms with E-state index in [2.05, 4.69) is 17.0 Å². The third kappa shape index (κ3) is 5.98. The van der Waals surface area contributed by atoms with Crippen molar-refractivity contribution in [3.63, 3.8) is 0 Å². The van der Waals surface area contributed by atoms with Gasteiger partial charge >= 0.3 is 0 Å². The third-order valence-corrected chi connectivity index (χ3v) is 10.5. The first-order valence-electron chi connectivity index (χ1n) is 17.5. The summed E-state index contributed by atoms with van der Waals surface area (Å²) >= 11 is 0. The van der Waals surface area contributed by atoms with Gasteiger partial charge in [0.05, 0.1) is 44.4 Å². The van der Waals surface area contributed by atoms with Crippen LogP contribution in [0, 0.1) is 19.0 Å². The quantitative estimate of drug-likeness (QED) is 0.161. The molecule has 278 valence electrons. The van der Waals surface area contributed by atoms with E-state index in [9.17, 15) is 30.0 Å². The van der Waals surface area contributed by atoms with Crippen LogP contribution in [0.4, 0.5) is 0 Å². The topological polar surface area (TPSA) is 180 Å². The zero-order chi connectivity index (χ0) is 37.7. The van der Waals surface area contributed by atoms with Gasteiger partial charge in [0.15, 0.2) is 17.5 Å². The molecule has 3 aliphatic heterocycles. The average Bonchev–Trinajstić information content (AvgIpc) is 3.72. The number of aromatic nitrogens is 1. The molecule has 1 amide bonds. The minimum Gasteiger partial charge on any atom is -0.506 e. The number of fused-ring (bicyclic) bond motifs is 5. The molecular formula is C41H38N2O11. The number of aliphatic hydroxyl groups is 3. The van der Waals surface area contributed by atoms with Gasteiger partial charge in [-0.2, -0.15) is 0 Å². The molecule has 8 rings (SSSR count). The van der Waals surface area contributed by atoms with E-state index >= 15 is 0 Å². The van der Waals surface area contributed by atoms with Crippen LogP contribution < -0.4 is 9.47 Å². The molecule has 0 spiro atoms. The van der Waals surface area contributed by atoms with Crippen LogP contribution in [0.2, 0.25) is 0 Å². The number of aromatic amines is 1. The van der Waals surface area contributed by atoms with Gasteiger partial charge in [0.25, 0.3) is 5.91 Å². The summed E-state index contributed by atoms with van der Waals surface area (Å²) in [6.45, 7) is 0.507. The zero-order valence-corrected chi connectivity index (χ0v) is 29.5. The van der Waals surface area contributed by atoms with Crippen LogP contribution in [0.5, 0.6) is 17.2 Å². The van der Waals surface area contributed by atoms with Crippen LogP contribution in [-0.2, 0) is 33.8 Å². The van der Waals surface area contributed by atoms with Gasteiger partial charge in [-0.1, -0.05) is 42.3 Å². The number of hydrogen-bond donors (Lipinski definition) is 5. The van der Waals surface area contributed by atoms with Gasteiger partial charge in [-0.25, -0.2) is 0 Å². The van der Waals surface area contributed by atoms with Gasteiger partial charge in [0, 0.05) is 47.3 Å². The highest BCUT2D eigenvalue weighted by atomic mass is 16.7. The minimum atomic E-state index is -2.41. The Balaban J connectivity index is 1.22. The van der Waals surface area contributed by atoms with E-state index in [-0.39, 0.29) is 55.3 Å². The Morgan fingerprint density at radius 3 is 2.74 bits per heavy atom.